The first kappa shape index (κ1) is 22.6. The summed E-state index contributed by atoms with van der Waals surface area (Å²) < 4.78 is 76.3. The Morgan fingerprint density at radius 2 is 1.25 bits per heavy atom. The van der Waals surface area contributed by atoms with Crippen molar-refractivity contribution in [1.29, 1.82) is 0 Å². The maximum atomic E-state index is 13.3. The monoisotopic (exact) mass is 511 g/mol. The lowest BCUT2D eigenvalue weighted by Crippen LogP contribution is -2.29. The number of hydrogen-bond acceptors (Lipinski definition) is 7. The fourth-order valence-corrected chi connectivity index (χ4v) is 6.99. The van der Waals surface area contributed by atoms with Gasteiger partial charge in [0.05, 0.1) is 15.5 Å². The van der Waals surface area contributed by atoms with E-state index in [9.17, 15) is 25.3 Å². The van der Waals surface area contributed by atoms with E-state index in [4.69, 9.17) is 10.3 Å². The highest BCUT2D eigenvalue weighted by molar-refractivity contribution is 7.93. The molecule has 168 valence electrons. The standard InChI is InChI=1S/C19H17N3O6S4/c1-22(16-4-2-3-5-19(16)31(21,25)26)32(27,28)13-7-9-18-15(11-13)14-10-12(30(20,23)24)6-8-17(14)29-18/h2-11H,1H3,(H2,20,23,24)(H2,21,25,26). The van der Waals surface area contributed by atoms with Crippen LogP contribution in [0.2, 0.25) is 0 Å². The van der Waals surface area contributed by atoms with Crippen LogP contribution in [0.15, 0.2) is 75.4 Å². The van der Waals surface area contributed by atoms with Gasteiger partial charge in [0.15, 0.2) is 0 Å². The van der Waals surface area contributed by atoms with Gasteiger partial charge in [-0.05, 0) is 48.5 Å². The predicted octanol–water partition coefficient (Wildman–Crippen LogP) is 2.17. The van der Waals surface area contributed by atoms with Crippen LogP contribution in [0.5, 0.6) is 0 Å². The molecule has 0 unspecified atom stereocenters. The molecular formula is C19H17N3O6S4. The molecule has 0 saturated heterocycles. The molecule has 13 heteroatoms. The molecule has 3 aromatic carbocycles. The Hall–Kier alpha value is -2.55. The third-order valence-electron chi connectivity index (χ3n) is 4.91. The molecule has 0 bridgehead atoms. The van der Waals surface area contributed by atoms with Crippen molar-refractivity contribution in [2.45, 2.75) is 14.7 Å². The average molecular weight is 512 g/mol. The van der Waals surface area contributed by atoms with E-state index in [-0.39, 0.29) is 20.4 Å². The van der Waals surface area contributed by atoms with Crippen molar-refractivity contribution in [3.05, 3.63) is 60.7 Å². The highest BCUT2D eigenvalue weighted by Crippen LogP contribution is 2.37. The van der Waals surface area contributed by atoms with E-state index in [1.807, 2.05) is 0 Å². The summed E-state index contributed by atoms with van der Waals surface area (Å²) in [6, 6.07) is 14.4. The molecular weight excluding hydrogens is 494 g/mol. The molecule has 1 aromatic heterocycles. The SMILES string of the molecule is CN(c1ccccc1S(N)(=O)=O)S(=O)(=O)c1ccc2sc3ccc(S(N)(=O)=O)cc3c2c1. The van der Waals surface area contributed by atoms with Gasteiger partial charge in [0.25, 0.3) is 10.0 Å². The smallest absolute Gasteiger partial charge is 0.264 e. The molecule has 4 aromatic rings. The molecule has 4 rings (SSSR count). The summed E-state index contributed by atoms with van der Waals surface area (Å²) in [5.41, 5.74) is -0.0956. The van der Waals surface area contributed by atoms with E-state index in [0.717, 1.165) is 13.7 Å². The zero-order valence-electron chi connectivity index (χ0n) is 16.5. The van der Waals surface area contributed by atoms with Crippen molar-refractivity contribution in [2.75, 3.05) is 11.4 Å². The Bertz CT molecular complexity index is 1710. The molecule has 0 aliphatic carbocycles. The molecule has 0 atom stereocenters. The number of nitrogens with zero attached hydrogens (tertiary/aromatic N) is 1. The molecule has 1 heterocycles. The van der Waals surface area contributed by atoms with E-state index in [1.54, 1.807) is 12.1 Å². The van der Waals surface area contributed by atoms with E-state index >= 15 is 0 Å². The van der Waals surface area contributed by atoms with Crippen molar-refractivity contribution in [2.24, 2.45) is 10.3 Å². The van der Waals surface area contributed by atoms with Gasteiger partial charge >= 0.3 is 0 Å². The Morgan fingerprint density at radius 1 is 0.719 bits per heavy atom. The lowest BCUT2D eigenvalue weighted by molar-refractivity contribution is 0.592. The summed E-state index contributed by atoms with van der Waals surface area (Å²) >= 11 is 1.37. The van der Waals surface area contributed by atoms with Crippen LogP contribution in [0.3, 0.4) is 0 Å². The summed E-state index contributed by atoms with van der Waals surface area (Å²) in [6.07, 6.45) is 0. The Labute approximate surface area is 189 Å². The fraction of sp³-hybridized carbons (Fsp3) is 0.0526. The van der Waals surface area contributed by atoms with E-state index < -0.39 is 30.1 Å². The number of para-hydroxylation sites is 1. The maximum Gasteiger partial charge on any atom is 0.264 e. The molecule has 32 heavy (non-hydrogen) atoms. The number of rotatable bonds is 5. The Kier molecular flexibility index (Phi) is 5.31. The third-order valence-corrected chi connectivity index (χ3v) is 9.70. The largest absolute Gasteiger partial charge is 0.268 e. The van der Waals surface area contributed by atoms with Crippen LogP contribution in [0.1, 0.15) is 0 Å². The molecule has 0 aliphatic rings. The van der Waals surface area contributed by atoms with Gasteiger partial charge in [-0.25, -0.2) is 35.5 Å². The number of nitrogens with two attached hydrogens (primary N) is 2. The van der Waals surface area contributed by atoms with Gasteiger partial charge in [-0.3, -0.25) is 4.31 Å². The average Bonchev–Trinajstić information content (AvgIpc) is 3.09. The van der Waals surface area contributed by atoms with Crippen LogP contribution >= 0.6 is 11.3 Å². The van der Waals surface area contributed by atoms with Gasteiger partial charge in [0.2, 0.25) is 20.0 Å². The maximum absolute atomic E-state index is 13.3. The van der Waals surface area contributed by atoms with Crippen LogP contribution < -0.4 is 14.6 Å². The van der Waals surface area contributed by atoms with Crippen molar-refractivity contribution in [1.82, 2.24) is 0 Å². The van der Waals surface area contributed by atoms with Crippen molar-refractivity contribution in [3.63, 3.8) is 0 Å². The first-order valence-corrected chi connectivity index (χ1v) is 14.2. The van der Waals surface area contributed by atoms with Crippen molar-refractivity contribution in [3.8, 4) is 0 Å². The highest BCUT2D eigenvalue weighted by atomic mass is 32.2. The molecule has 0 radical (unpaired) electrons. The summed E-state index contributed by atoms with van der Waals surface area (Å²) in [5, 5.41) is 11.5. The number of fused-ring (bicyclic) bond motifs is 3. The van der Waals surface area contributed by atoms with Gasteiger partial charge < -0.3 is 0 Å². The van der Waals surface area contributed by atoms with Crippen LogP contribution in [0, 0.1) is 0 Å². The Balaban J connectivity index is 1.90. The molecule has 9 nitrogen and oxygen atoms in total. The second-order valence-electron chi connectivity index (χ2n) is 6.95. The van der Waals surface area contributed by atoms with Gasteiger partial charge in [-0.2, -0.15) is 0 Å². The zero-order valence-corrected chi connectivity index (χ0v) is 19.7. The summed E-state index contributed by atoms with van der Waals surface area (Å²) in [6.45, 7) is 0. The van der Waals surface area contributed by atoms with Gasteiger partial charge in [0.1, 0.15) is 4.90 Å². The zero-order chi connectivity index (χ0) is 23.5. The molecule has 0 aliphatic heterocycles. The first-order chi connectivity index (χ1) is 14.8. The van der Waals surface area contributed by atoms with Crippen LogP contribution in [0.25, 0.3) is 20.2 Å². The van der Waals surface area contributed by atoms with E-state index in [2.05, 4.69) is 0 Å². The predicted molar refractivity (Wildman–Crippen MR) is 124 cm³/mol. The van der Waals surface area contributed by atoms with Crippen molar-refractivity contribution < 1.29 is 25.3 Å². The number of thiophene rings is 1. The highest BCUT2D eigenvalue weighted by Gasteiger charge is 2.27. The van der Waals surface area contributed by atoms with E-state index in [0.29, 0.717) is 10.8 Å². The van der Waals surface area contributed by atoms with Gasteiger partial charge in [-0.15, -0.1) is 11.3 Å². The number of hydrogen-bond donors (Lipinski definition) is 2. The summed E-state index contributed by atoms with van der Waals surface area (Å²) in [5.74, 6) is 0. The normalized spacial score (nSPS) is 13.0. The topological polar surface area (TPSA) is 158 Å². The lowest BCUT2D eigenvalue weighted by atomic mass is 10.1. The minimum absolute atomic E-state index is 0.0860. The summed E-state index contributed by atoms with van der Waals surface area (Å²) in [7, 11) is -11.1. The third kappa shape index (κ3) is 3.87. The number of sulfonamides is 3. The van der Waals surface area contributed by atoms with E-state index in [1.165, 1.54) is 66.9 Å². The van der Waals surface area contributed by atoms with Crippen molar-refractivity contribution >= 4 is 67.3 Å². The minimum Gasteiger partial charge on any atom is -0.268 e. The number of benzene rings is 3. The van der Waals surface area contributed by atoms with Gasteiger partial charge in [0, 0.05) is 27.2 Å². The Morgan fingerprint density at radius 3 is 1.81 bits per heavy atom. The second-order valence-corrected chi connectivity index (χ2v) is 13.1. The van der Waals surface area contributed by atoms with Crippen LogP contribution in [-0.4, -0.2) is 32.3 Å². The molecule has 0 spiro atoms. The first-order valence-electron chi connectivity index (χ1n) is 8.90. The fourth-order valence-electron chi connectivity index (χ4n) is 3.32. The number of anilines is 1. The molecule has 0 saturated carbocycles. The summed E-state index contributed by atoms with van der Waals surface area (Å²) in [4.78, 5) is -0.513. The quantitative estimate of drug-likeness (QED) is 0.418. The number of primary sulfonamides is 2. The second kappa shape index (κ2) is 7.50. The molecule has 0 amide bonds. The van der Waals surface area contributed by atoms with Gasteiger partial charge in [-0.1, -0.05) is 12.1 Å². The van der Waals surface area contributed by atoms with Crippen LogP contribution in [-0.2, 0) is 30.1 Å². The van der Waals surface area contributed by atoms with Crippen LogP contribution in [0.4, 0.5) is 5.69 Å². The minimum atomic E-state index is -4.18. The molecule has 0 fully saturated rings. The lowest BCUT2D eigenvalue weighted by Gasteiger charge is -2.21. The molecule has 4 N–H and O–H groups in total.